The number of benzene rings is 1. The van der Waals surface area contributed by atoms with Crippen molar-refractivity contribution in [2.75, 3.05) is 32.6 Å². The van der Waals surface area contributed by atoms with Gasteiger partial charge in [0.2, 0.25) is 5.91 Å². The predicted octanol–water partition coefficient (Wildman–Crippen LogP) is 2.33. The van der Waals surface area contributed by atoms with E-state index in [9.17, 15) is 14.4 Å². The molecule has 144 valence electrons. The van der Waals surface area contributed by atoms with Crippen LogP contribution in [-0.2, 0) is 25.5 Å². The van der Waals surface area contributed by atoms with Crippen molar-refractivity contribution in [2.24, 2.45) is 0 Å². The molecule has 1 N–H and O–H groups in total. The van der Waals surface area contributed by atoms with Gasteiger partial charge in [0.25, 0.3) is 5.91 Å². The highest BCUT2D eigenvalue weighted by molar-refractivity contribution is 7.09. The number of hydrogen-bond acceptors (Lipinski definition) is 6. The number of esters is 1. The van der Waals surface area contributed by atoms with Gasteiger partial charge < -0.3 is 19.7 Å². The molecule has 0 aliphatic heterocycles. The van der Waals surface area contributed by atoms with Gasteiger partial charge in [-0.3, -0.25) is 14.4 Å². The topological polar surface area (TPSA) is 84.9 Å². The van der Waals surface area contributed by atoms with Gasteiger partial charge in [0.15, 0.2) is 6.61 Å². The lowest BCUT2D eigenvalue weighted by Gasteiger charge is -2.17. The Morgan fingerprint density at radius 2 is 2.00 bits per heavy atom. The first-order valence-corrected chi connectivity index (χ1v) is 9.21. The van der Waals surface area contributed by atoms with E-state index < -0.39 is 11.9 Å². The summed E-state index contributed by atoms with van der Waals surface area (Å²) < 4.78 is 10.1. The van der Waals surface area contributed by atoms with Crippen molar-refractivity contribution in [3.8, 4) is 5.75 Å². The molecule has 8 heteroatoms. The summed E-state index contributed by atoms with van der Waals surface area (Å²) in [5.74, 6) is -0.624. The third-order valence-electron chi connectivity index (χ3n) is 3.67. The zero-order chi connectivity index (χ0) is 19.6. The maximum Gasteiger partial charge on any atom is 0.306 e. The fourth-order valence-corrected chi connectivity index (χ4v) is 2.92. The Kier molecular flexibility index (Phi) is 7.81. The molecule has 1 aromatic heterocycles. The second-order valence-corrected chi connectivity index (χ2v) is 6.80. The van der Waals surface area contributed by atoms with Gasteiger partial charge in [-0.25, -0.2) is 0 Å². The van der Waals surface area contributed by atoms with E-state index in [0.717, 1.165) is 4.88 Å². The highest BCUT2D eigenvalue weighted by Crippen LogP contribution is 2.16. The number of carbonyl (C=O) groups excluding carboxylic acids is 3. The van der Waals surface area contributed by atoms with Gasteiger partial charge in [-0.1, -0.05) is 12.1 Å². The summed E-state index contributed by atoms with van der Waals surface area (Å²) in [5.41, 5.74) is 0.570. The number of carbonyl (C=O) groups is 3. The summed E-state index contributed by atoms with van der Waals surface area (Å²) in [5, 5.41) is 4.62. The van der Waals surface area contributed by atoms with E-state index in [1.54, 1.807) is 35.6 Å². The van der Waals surface area contributed by atoms with Crippen LogP contribution in [0.25, 0.3) is 0 Å². The van der Waals surface area contributed by atoms with Crippen LogP contribution in [0.3, 0.4) is 0 Å². The van der Waals surface area contributed by atoms with Crippen LogP contribution in [0.1, 0.15) is 11.3 Å². The molecule has 0 aliphatic carbocycles. The summed E-state index contributed by atoms with van der Waals surface area (Å²) in [6.45, 7) is -0.533. The minimum Gasteiger partial charge on any atom is -0.497 e. The van der Waals surface area contributed by atoms with Crippen molar-refractivity contribution < 1.29 is 23.9 Å². The van der Waals surface area contributed by atoms with E-state index in [-0.39, 0.29) is 25.5 Å². The Morgan fingerprint density at radius 1 is 1.19 bits per heavy atom. The Morgan fingerprint density at radius 3 is 2.70 bits per heavy atom. The first-order chi connectivity index (χ1) is 13.0. The Bertz CT molecular complexity index is 776. The molecule has 0 fully saturated rings. The molecule has 0 radical (unpaired) electrons. The van der Waals surface area contributed by atoms with Gasteiger partial charge in [-0.15, -0.1) is 11.3 Å². The number of nitrogens with zero attached hydrogens (tertiary/aromatic N) is 1. The summed E-state index contributed by atoms with van der Waals surface area (Å²) >= 11 is 1.57. The van der Waals surface area contributed by atoms with Crippen LogP contribution in [0.4, 0.5) is 5.69 Å². The van der Waals surface area contributed by atoms with Crippen LogP contribution in [0.15, 0.2) is 41.8 Å². The molecule has 0 saturated heterocycles. The molecule has 2 amide bonds. The molecule has 0 bridgehead atoms. The van der Waals surface area contributed by atoms with Crippen molar-refractivity contribution in [2.45, 2.75) is 12.8 Å². The third-order valence-corrected chi connectivity index (χ3v) is 4.61. The predicted molar refractivity (Wildman–Crippen MR) is 103 cm³/mol. The van der Waals surface area contributed by atoms with Crippen molar-refractivity contribution in [3.05, 3.63) is 46.7 Å². The Hall–Kier alpha value is -2.87. The van der Waals surface area contributed by atoms with Gasteiger partial charge in [-0.2, -0.15) is 0 Å². The quantitative estimate of drug-likeness (QED) is 0.664. The van der Waals surface area contributed by atoms with Crippen LogP contribution in [-0.4, -0.2) is 50.0 Å². The van der Waals surface area contributed by atoms with Crippen LogP contribution in [0.2, 0.25) is 0 Å². The van der Waals surface area contributed by atoms with Gasteiger partial charge in [0.05, 0.1) is 20.1 Å². The second-order valence-electron chi connectivity index (χ2n) is 5.77. The van der Waals surface area contributed by atoms with E-state index in [1.165, 1.54) is 19.1 Å². The lowest BCUT2D eigenvalue weighted by molar-refractivity contribution is -0.151. The average Bonchev–Trinajstić information content (AvgIpc) is 3.18. The number of likely N-dealkylation sites (N-methyl/N-ethyl adjacent to an activating group) is 1. The van der Waals surface area contributed by atoms with E-state index in [1.807, 2.05) is 17.5 Å². The molecule has 0 saturated carbocycles. The molecule has 27 heavy (non-hydrogen) atoms. The molecule has 0 spiro atoms. The number of ether oxygens (including phenoxy) is 2. The molecule has 0 atom stereocenters. The second kappa shape index (κ2) is 10.3. The van der Waals surface area contributed by atoms with Crippen molar-refractivity contribution in [3.63, 3.8) is 0 Å². The van der Waals surface area contributed by atoms with E-state index in [2.05, 4.69) is 5.32 Å². The highest BCUT2D eigenvalue weighted by atomic mass is 32.1. The number of thiophene rings is 1. The zero-order valence-corrected chi connectivity index (χ0v) is 16.1. The number of aryl methyl sites for hydroxylation is 1. The Labute approximate surface area is 161 Å². The third kappa shape index (κ3) is 7.10. The number of amides is 2. The fourth-order valence-electron chi connectivity index (χ4n) is 2.21. The highest BCUT2D eigenvalue weighted by Gasteiger charge is 2.15. The Balaban J connectivity index is 1.70. The van der Waals surface area contributed by atoms with Gasteiger partial charge in [0.1, 0.15) is 5.75 Å². The van der Waals surface area contributed by atoms with Gasteiger partial charge in [-0.05, 0) is 30.0 Å². The maximum atomic E-state index is 12.0. The number of anilines is 1. The number of methoxy groups -OCH3 is 1. The molecule has 0 aliphatic rings. The first-order valence-electron chi connectivity index (χ1n) is 8.34. The van der Waals surface area contributed by atoms with Crippen LogP contribution >= 0.6 is 11.3 Å². The molecule has 1 aromatic carbocycles. The van der Waals surface area contributed by atoms with Crippen LogP contribution in [0.5, 0.6) is 5.75 Å². The number of hydrogen-bond donors (Lipinski definition) is 1. The fraction of sp³-hybridized carbons (Fsp3) is 0.316. The first kappa shape index (κ1) is 20.4. The van der Waals surface area contributed by atoms with E-state index in [0.29, 0.717) is 17.9 Å². The standard InChI is InChI=1S/C19H22N2O5S/c1-21(12-17(22)20-14-5-3-6-15(11-14)25-2)18(23)13-26-19(24)9-8-16-7-4-10-27-16/h3-7,10-11H,8-9,12-13H2,1-2H3,(H,20,22). The summed E-state index contributed by atoms with van der Waals surface area (Å²) in [6, 6.07) is 10.8. The molecular weight excluding hydrogens is 368 g/mol. The molecule has 1 heterocycles. The molecule has 7 nitrogen and oxygen atoms in total. The van der Waals surface area contributed by atoms with Crippen LogP contribution < -0.4 is 10.1 Å². The SMILES string of the molecule is COc1cccc(NC(=O)CN(C)C(=O)COC(=O)CCc2cccs2)c1. The molecule has 0 unspecified atom stereocenters. The zero-order valence-electron chi connectivity index (χ0n) is 15.3. The molecule has 2 rings (SSSR count). The maximum absolute atomic E-state index is 12.0. The molecule has 2 aromatic rings. The van der Waals surface area contributed by atoms with Crippen molar-refractivity contribution >= 4 is 34.8 Å². The lowest BCUT2D eigenvalue weighted by atomic mass is 10.3. The molecular formula is C19H22N2O5S. The van der Waals surface area contributed by atoms with Gasteiger partial charge in [0, 0.05) is 23.7 Å². The smallest absolute Gasteiger partial charge is 0.306 e. The van der Waals surface area contributed by atoms with Gasteiger partial charge >= 0.3 is 5.97 Å². The summed E-state index contributed by atoms with van der Waals surface area (Å²) in [4.78, 5) is 38.1. The lowest BCUT2D eigenvalue weighted by Crippen LogP contribution is -2.37. The normalized spacial score (nSPS) is 10.1. The minimum absolute atomic E-state index is 0.150. The summed E-state index contributed by atoms with van der Waals surface area (Å²) in [7, 11) is 3.02. The van der Waals surface area contributed by atoms with Crippen LogP contribution in [0, 0.1) is 0 Å². The van der Waals surface area contributed by atoms with E-state index >= 15 is 0 Å². The van der Waals surface area contributed by atoms with Crippen molar-refractivity contribution in [1.29, 1.82) is 0 Å². The van der Waals surface area contributed by atoms with E-state index in [4.69, 9.17) is 9.47 Å². The largest absolute Gasteiger partial charge is 0.497 e. The minimum atomic E-state index is -0.444. The number of rotatable bonds is 9. The monoisotopic (exact) mass is 390 g/mol. The summed E-state index contributed by atoms with van der Waals surface area (Å²) in [6.07, 6.45) is 0.803. The number of nitrogens with one attached hydrogen (secondary N) is 1. The average molecular weight is 390 g/mol. The van der Waals surface area contributed by atoms with Crippen molar-refractivity contribution in [1.82, 2.24) is 4.90 Å².